The van der Waals surface area contributed by atoms with Crippen LogP contribution in [-0.4, -0.2) is 28.3 Å². The monoisotopic (exact) mass is 319 g/mol. The minimum absolute atomic E-state index is 0.00591. The number of hydrogen-bond donors (Lipinski definition) is 2. The number of benzene rings is 1. The summed E-state index contributed by atoms with van der Waals surface area (Å²) >= 11 is 1.63. The van der Waals surface area contributed by atoms with E-state index in [1.54, 1.807) is 11.8 Å². The second-order valence-corrected chi connectivity index (χ2v) is 7.84. The first-order valence-corrected chi connectivity index (χ1v) is 8.64. The average Bonchev–Trinajstić information content (AvgIpc) is 3.18. The molecule has 0 heterocycles. The molecule has 0 atom stereocenters. The largest absolute Gasteiger partial charge is 0.481 e. The lowest BCUT2D eigenvalue weighted by atomic mass is 10.0. The van der Waals surface area contributed by atoms with Crippen molar-refractivity contribution < 1.29 is 14.7 Å². The molecule has 0 spiro atoms. The first-order chi connectivity index (χ1) is 10.6. The number of aliphatic carboxylic acids is 1. The molecule has 0 aromatic heterocycles. The molecule has 1 aromatic carbocycles. The fourth-order valence-corrected chi connectivity index (χ4v) is 4.47. The van der Waals surface area contributed by atoms with Crippen LogP contribution in [0.3, 0.4) is 0 Å². The number of nitrogens with one attached hydrogen (secondary N) is 1. The lowest BCUT2D eigenvalue weighted by Gasteiger charge is -2.28. The Balaban J connectivity index is 1.68. The predicted octanol–water partition coefficient (Wildman–Crippen LogP) is 3.07. The van der Waals surface area contributed by atoms with Crippen molar-refractivity contribution in [3.8, 4) is 0 Å². The van der Waals surface area contributed by atoms with Crippen LogP contribution in [0.4, 0.5) is 0 Å². The lowest BCUT2D eigenvalue weighted by molar-refractivity contribution is -0.143. The zero-order chi connectivity index (χ0) is 15.6. The van der Waals surface area contributed by atoms with Gasteiger partial charge in [0.05, 0.1) is 10.2 Å². The van der Waals surface area contributed by atoms with Gasteiger partial charge in [-0.25, -0.2) is 0 Å². The van der Waals surface area contributed by atoms with Gasteiger partial charge in [0, 0.05) is 11.4 Å². The van der Waals surface area contributed by atoms with Gasteiger partial charge in [0.15, 0.2) is 0 Å². The molecule has 2 fully saturated rings. The van der Waals surface area contributed by atoms with Crippen LogP contribution in [-0.2, 0) is 9.59 Å². The number of carboxylic acid groups (broad SMARTS) is 1. The second kappa shape index (κ2) is 5.95. The first kappa shape index (κ1) is 15.4. The van der Waals surface area contributed by atoms with Gasteiger partial charge in [-0.15, -0.1) is 11.8 Å². The van der Waals surface area contributed by atoms with Gasteiger partial charge in [0.1, 0.15) is 0 Å². The van der Waals surface area contributed by atoms with Crippen molar-refractivity contribution in [2.75, 3.05) is 6.54 Å². The molecule has 5 heteroatoms. The summed E-state index contributed by atoms with van der Waals surface area (Å²) in [5.74, 6) is -0.782. The molecule has 22 heavy (non-hydrogen) atoms. The van der Waals surface area contributed by atoms with Crippen LogP contribution >= 0.6 is 11.8 Å². The van der Waals surface area contributed by atoms with Crippen molar-refractivity contribution in [3.63, 3.8) is 0 Å². The van der Waals surface area contributed by atoms with Gasteiger partial charge in [-0.3, -0.25) is 9.59 Å². The molecule has 0 radical (unpaired) electrons. The van der Waals surface area contributed by atoms with E-state index in [0.717, 1.165) is 30.6 Å². The Labute approximate surface area is 134 Å². The van der Waals surface area contributed by atoms with Crippen LogP contribution in [0.25, 0.3) is 0 Å². The summed E-state index contributed by atoms with van der Waals surface area (Å²) in [4.78, 5) is 25.1. The highest BCUT2D eigenvalue weighted by atomic mass is 32.2. The molecule has 2 saturated carbocycles. The minimum Gasteiger partial charge on any atom is -0.481 e. The molecular weight excluding hydrogens is 298 g/mol. The van der Waals surface area contributed by atoms with E-state index in [0.29, 0.717) is 12.8 Å². The van der Waals surface area contributed by atoms with E-state index in [4.69, 9.17) is 0 Å². The number of thioether (sulfide) groups is 1. The third-order valence-electron chi connectivity index (χ3n) is 4.78. The van der Waals surface area contributed by atoms with E-state index in [-0.39, 0.29) is 12.5 Å². The zero-order valence-corrected chi connectivity index (χ0v) is 13.3. The van der Waals surface area contributed by atoms with E-state index < -0.39 is 16.1 Å². The Kier molecular flexibility index (Phi) is 4.17. The number of amides is 1. The standard InChI is InChI=1S/C17H21NO3S/c19-14(18-12-16(10-11-16)15(20)21)17(8-4-5-9-17)22-13-6-2-1-3-7-13/h1-3,6-7H,4-5,8-12H2,(H,18,19)(H,20,21). The van der Waals surface area contributed by atoms with Crippen molar-refractivity contribution in [2.24, 2.45) is 5.41 Å². The van der Waals surface area contributed by atoms with E-state index in [1.165, 1.54) is 0 Å². The maximum Gasteiger partial charge on any atom is 0.311 e. The Bertz CT molecular complexity index is 563. The molecule has 0 unspecified atom stereocenters. The summed E-state index contributed by atoms with van der Waals surface area (Å²) < 4.78 is -0.435. The number of carbonyl (C=O) groups excluding carboxylic acids is 1. The molecule has 2 aliphatic rings. The molecule has 2 aliphatic carbocycles. The van der Waals surface area contributed by atoms with E-state index in [2.05, 4.69) is 5.32 Å². The molecule has 0 bridgehead atoms. The molecule has 4 nitrogen and oxygen atoms in total. The van der Waals surface area contributed by atoms with Crippen LogP contribution in [0.5, 0.6) is 0 Å². The van der Waals surface area contributed by atoms with E-state index in [9.17, 15) is 14.7 Å². The van der Waals surface area contributed by atoms with E-state index in [1.807, 2.05) is 30.3 Å². The van der Waals surface area contributed by atoms with Gasteiger partial charge < -0.3 is 10.4 Å². The quantitative estimate of drug-likeness (QED) is 0.845. The topological polar surface area (TPSA) is 66.4 Å². The van der Waals surface area contributed by atoms with Gasteiger partial charge in [-0.1, -0.05) is 31.0 Å². The summed E-state index contributed by atoms with van der Waals surface area (Å²) in [5.41, 5.74) is -0.702. The highest BCUT2D eigenvalue weighted by Crippen LogP contribution is 2.47. The SMILES string of the molecule is O=C(O)C1(CNC(=O)C2(Sc3ccccc3)CCCC2)CC1. The van der Waals surface area contributed by atoms with Crippen molar-refractivity contribution in [3.05, 3.63) is 30.3 Å². The molecule has 2 N–H and O–H groups in total. The van der Waals surface area contributed by atoms with Gasteiger partial charge in [-0.05, 0) is 37.8 Å². The molecule has 1 aromatic rings. The lowest BCUT2D eigenvalue weighted by Crippen LogP contribution is -2.45. The van der Waals surface area contributed by atoms with Crippen LogP contribution in [0.1, 0.15) is 38.5 Å². The Morgan fingerprint density at radius 3 is 2.27 bits per heavy atom. The number of carbonyl (C=O) groups is 2. The van der Waals surface area contributed by atoms with Crippen LogP contribution in [0.15, 0.2) is 35.2 Å². The zero-order valence-electron chi connectivity index (χ0n) is 12.5. The second-order valence-electron chi connectivity index (χ2n) is 6.38. The maximum atomic E-state index is 12.7. The summed E-state index contributed by atoms with van der Waals surface area (Å²) in [6, 6.07) is 9.98. The van der Waals surface area contributed by atoms with Gasteiger partial charge >= 0.3 is 5.97 Å². The predicted molar refractivity (Wildman–Crippen MR) is 85.8 cm³/mol. The summed E-state index contributed by atoms with van der Waals surface area (Å²) in [5, 5.41) is 12.2. The van der Waals surface area contributed by atoms with Crippen molar-refractivity contribution in [1.82, 2.24) is 5.32 Å². The fraction of sp³-hybridized carbons (Fsp3) is 0.529. The number of carboxylic acids is 1. The molecule has 3 rings (SSSR count). The molecule has 0 aliphatic heterocycles. The highest BCUT2D eigenvalue weighted by molar-refractivity contribution is 8.01. The van der Waals surface area contributed by atoms with Gasteiger partial charge in [-0.2, -0.15) is 0 Å². The Morgan fingerprint density at radius 2 is 1.73 bits per heavy atom. The molecular formula is C17H21NO3S. The summed E-state index contributed by atoms with van der Waals surface area (Å²) in [6.45, 7) is 0.262. The summed E-state index contributed by atoms with van der Waals surface area (Å²) in [7, 11) is 0. The van der Waals surface area contributed by atoms with Crippen LogP contribution < -0.4 is 5.32 Å². The maximum absolute atomic E-state index is 12.7. The molecule has 0 saturated heterocycles. The smallest absolute Gasteiger partial charge is 0.311 e. The van der Waals surface area contributed by atoms with Crippen LogP contribution in [0, 0.1) is 5.41 Å². The average molecular weight is 319 g/mol. The first-order valence-electron chi connectivity index (χ1n) is 7.82. The molecule has 1 amide bonds. The van der Waals surface area contributed by atoms with Crippen molar-refractivity contribution in [1.29, 1.82) is 0 Å². The minimum atomic E-state index is -0.788. The number of rotatable bonds is 6. The Morgan fingerprint density at radius 1 is 1.09 bits per heavy atom. The summed E-state index contributed by atoms with van der Waals surface area (Å²) in [6.07, 6.45) is 5.16. The van der Waals surface area contributed by atoms with Gasteiger partial charge in [0.2, 0.25) is 5.91 Å². The normalized spacial score (nSPS) is 21.3. The Hall–Kier alpha value is -1.49. The van der Waals surface area contributed by atoms with Crippen molar-refractivity contribution in [2.45, 2.75) is 48.2 Å². The third-order valence-corrected chi connectivity index (χ3v) is 6.27. The van der Waals surface area contributed by atoms with E-state index >= 15 is 0 Å². The van der Waals surface area contributed by atoms with Gasteiger partial charge in [0.25, 0.3) is 0 Å². The third kappa shape index (κ3) is 3.00. The van der Waals surface area contributed by atoms with Crippen molar-refractivity contribution >= 4 is 23.6 Å². The highest BCUT2D eigenvalue weighted by Gasteiger charge is 2.51. The van der Waals surface area contributed by atoms with Crippen LogP contribution in [0.2, 0.25) is 0 Å². The number of hydrogen-bond acceptors (Lipinski definition) is 3. The molecule has 118 valence electrons. The fourth-order valence-electron chi connectivity index (χ4n) is 3.06.